The average molecular weight is 564 g/mol. The number of amidine groups is 1. The fourth-order valence-corrected chi connectivity index (χ4v) is 4.81. The second-order valence-electron chi connectivity index (χ2n) is 10.2. The zero-order valence-corrected chi connectivity index (χ0v) is 24.0. The van der Waals surface area contributed by atoms with Crippen LogP contribution in [0.5, 0.6) is 0 Å². The minimum Gasteiger partial charge on any atom is -0.397 e. The van der Waals surface area contributed by atoms with Crippen molar-refractivity contribution in [3.8, 4) is 0 Å². The van der Waals surface area contributed by atoms with Gasteiger partial charge in [0.05, 0.1) is 12.0 Å². The summed E-state index contributed by atoms with van der Waals surface area (Å²) in [6.07, 6.45) is 10.8. The van der Waals surface area contributed by atoms with Crippen molar-refractivity contribution in [2.75, 3.05) is 13.2 Å². The molecule has 10 heteroatoms. The molecule has 1 aliphatic heterocycles. The minimum atomic E-state index is -4.46. The number of fused-ring (bicyclic) bond motifs is 2. The Morgan fingerprint density at radius 2 is 2.00 bits per heavy atom. The molecular weight excluding hydrogens is 519 g/mol. The Morgan fingerprint density at radius 3 is 2.62 bits per heavy atom. The molecule has 2 aliphatic carbocycles. The highest BCUT2D eigenvalue weighted by Crippen LogP contribution is 2.37. The highest BCUT2D eigenvalue weighted by Gasteiger charge is 2.39. The average Bonchev–Trinajstić information content (AvgIpc) is 3.23. The van der Waals surface area contributed by atoms with Crippen molar-refractivity contribution in [2.24, 2.45) is 16.6 Å². The SMILES string of the molecule is CCC(CNC(C)CC)CC1CCc2ccncc21.CCO.NC(=O)CC1=NC2C=C(C=CC=C2C(F)(F)F)N1. The summed E-state index contributed by atoms with van der Waals surface area (Å²) in [4.78, 5) is 18.9. The van der Waals surface area contributed by atoms with Gasteiger partial charge in [0.25, 0.3) is 0 Å². The number of aliphatic imine (C=N–C) groups is 1. The van der Waals surface area contributed by atoms with E-state index in [0.29, 0.717) is 11.7 Å². The third kappa shape index (κ3) is 10.5. The van der Waals surface area contributed by atoms with E-state index in [0.717, 1.165) is 24.5 Å². The molecule has 0 aromatic carbocycles. The third-order valence-electron chi connectivity index (χ3n) is 7.17. The summed E-state index contributed by atoms with van der Waals surface area (Å²) in [6, 6.07) is 1.71. The van der Waals surface area contributed by atoms with E-state index in [1.165, 1.54) is 61.5 Å². The maximum absolute atomic E-state index is 12.8. The number of aliphatic hydroxyl groups excluding tert-OH is 1. The van der Waals surface area contributed by atoms with E-state index >= 15 is 0 Å². The number of aliphatic hydroxyl groups is 1. The minimum absolute atomic E-state index is 0.145. The van der Waals surface area contributed by atoms with Crippen LogP contribution in [0.25, 0.3) is 0 Å². The first-order chi connectivity index (χ1) is 19.0. The molecule has 3 aliphatic rings. The number of hydrogen-bond donors (Lipinski definition) is 4. The van der Waals surface area contributed by atoms with Crippen LogP contribution in [0, 0.1) is 5.92 Å². The van der Waals surface area contributed by atoms with E-state index in [2.05, 4.69) is 53.6 Å². The lowest BCUT2D eigenvalue weighted by atomic mass is 9.89. The second kappa shape index (κ2) is 16.3. The first-order valence-corrected chi connectivity index (χ1v) is 14.1. The molecule has 4 rings (SSSR count). The molecule has 40 heavy (non-hydrogen) atoms. The first-order valence-electron chi connectivity index (χ1n) is 14.1. The Morgan fingerprint density at radius 1 is 1.27 bits per heavy atom. The number of nitrogens with one attached hydrogen (secondary N) is 2. The van der Waals surface area contributed by atoms with Crippen LogP contribution >= 0.6 is 0 Å². The van der Waals surface area contributed by atoms with Gasteiger partial charge < -0.3 is 21.5 Å². The lowest BCUT2D eigenvalue weighted by molar-refractivity contribution is -0.116. The van der Waals surface area contributed by atoms with E-state index in [4.69, 9.17) is 10.8 Å². The number of aromatic nitrogens is 1. The number of hydrogen-bond acceptors (Lipinski definition) is 6. The molecular formula is C30H44F3N5O2. The Labute approximate surface area is 235 Å². The predicted molar refractivity (Wildman–Crippen MR) is 154 cm³/mol. The number of amides is 1. The molecule has 2 heterocycles. The smallest absolute Gasteiger partial charge is 0.397 e. The van der Waals surface area contributed by atoms with E-state index in [1.807, 2.05) is 6.20 Å². The summed E-state index contributed by atoms with van der Waals surface area (Å²) in [5.74, 6) is 1.03. The number of halogens is 3. The van der Waals surface area contributed by atoms with Crippen LogP contribution in [0.4, 0.5) is 13.2 Å². The van der Waals surface area contributed by atoms with E-state index in [1.54, 1.807) is 6.92 Å². The Bertz CT molecular complexity index is 1080. The molecule has 5 N–H and O–H groups in total. The van der Waals surface area contributed by atoms with Crippen molar-refractivity contribution in [1.29, 1.82) is 0 Å². The van der Waals surface area contributed by atoms with Gasteiger partial charge in [0.15, 0.2) is 0 Å². The zero-order chi connectivity index (χ0) is 29.7. The summed E-state index contributed by atoms with van der Waals surface area (Å²) < 4.78 is 38.4. The van der Waals surface area contributed by atoms with Crippen molar-refractivity contribution < 1.29 is 23.1 Å². The largest absolute Gasteiger partial charge is 0.415 e. The van der Waals surface area contributed by atoms with Crippen LogP contribution in [-0.4, -0.2) is 53.2 Å². The Balaban J connectivity index is 0.000000256. The monoisotopic (exact) mass is 563 g/mol. The molecule has 1 amide bonds. The van der Waals surface area contributed by atoms with Gasteiger partial charge in [-0.3, -0.25) is 14.8 Å². The van der Waals surface area contributed by atoms with Gasteiger partial charge in [-0.1, -0.05) is 32.4 Å². The van der Waals surface area contributed by atoms with Gasteiger partial charge in [-0.25, -0.2) is 0 Å². The molecule has 0 spiro atoms. The molecule has 0 saturated heterocycles. The number of carbonyl (C=O) groups is 1. The van der Waals surface area contributed by atoms with E-state index in [-0.39, 0.29) is 18.9 Å². The van der Waals surface area contributed by atoms with Crippen molar-refractivity contribution in [1.82, 2.24) is 15.6 Å². The number of carbonyl (C=O) groups excluding carboxylic acids is 1. The standard InChI is InChI=1S/C17H28N2.C11H10F3N3O.C2H6O/c1-4-13(3)19-11-14(5-2)10-16-7-6-15-8-9-18-12-17(15)16;12-11(13,14)7-3-1-2-6-4-8(7)17-10(16-6)5-9(15)18;1-2-3/h8-9,12-14,16,19H,4-7,10-11H2,1-3H3;1-4,8H,5H2,(H2,15,18)(H,16,17);3H,2H2,1H3. The maximum Gasteiger partial charge on any atom is 0.415 e. The summed E-state index contributed by atoms with van der Waals surface area (Å²) in [5.41, 5.74) is 7.76. The zero-order valence-electron chi connectivity index (χ0n) is 24.0. The number of pyridine rings is 1. The van der Waals surface area contributed by atoms with Crippen LogP contribution in [0.3, 0.4) is 0 Å². The van der Waals surface area contributed by atoms with Crippen molar-refractivity contribution in [2.45, 2.75) is 90.4 Å². The summed E-state index contributed by atoms with van der Waals surface area (Å²) in [7, 11) is 0. The van der Waals surface area contributed by atoms with Crippen molar-refractivity contribution in [3.05, 3.63) is 65.2 Å². The van der Waals surface area contributed by atoms with Crippen LogP contribution in [0.2, 0.25) is 0 Å². The summed E-state index contributed by atoms with van der Waals surface area (Å²) >= 11 is 0. The molecule has 2 bridgehead atoms. The lowest BCUT2D eigenvalue weighted by Gasteiger charge is -2.22. The van der Waals surface area contributed by atoms with Gasteiger partial charge in [-0.2, -0.15) is 13.2 Å². The molecule has 0 fully saturated rings. The molecule has 1 aromatic rings. The highest BCUT2D eigenvalue weighted by molar-refractivity contribution is 6.00. The Kier molecular flexibility index (Phi) is 13.6. The van der Waals surface area contributed by atoms with Gasteiger partial charge in [-0.05, 0) is 87.3 Å². The summed E-state index contributed by atoms with van der Waals surface area (Å²) in [6.45, 7) is 9.94. The number of allylic oxidation sites excluding steroid dienone is 3. The highest BCUT2D eigenvalue weighted by atomic mass is 19.4. The number of alkyl halides is 3. The first kappa shape index (κ1) is 33.2. The van der Waals surface area contributed by atoms with Gasteiger partial charge in [0.1, 0.15) is 11.9 Å². The predicted octanol–water partition coefficient (Wildman–Crippen LogP) is 5.09. The quantitative estimate of drug-likeness (QED) is 0.334. The third-order valence-corrected chi connectivity index (χ3v) is 7.17. The lowest BCUT2D eigenvalue weighted by Crippen LogP contribution is -2.34. The van der Waals surface area contributed by atoms with Crippen LogP contribution in [-0.2, 0) is 11.2 Å². The molecule has 1 aromatic heterocycles. The van der Waals surface area contributed by atoms with E-state index < -0.39 is 23.7 Å². The molecule has 0 radical (unpaired) electrons. The van der Waals surface area contributed by atoms with Gasteiger partial charge in [-0.15, -0.1) is 0 Å². The number of nitrogens with zero attached hydrogens (tertiary/aromatic N) is 2. The van der Waals surface area contributed by atoms with Crippen molar-refractivity contribution >= 4 is 11.7 Å². The van der Waals surface area contributed by atoms with Gasteiger partial charge >= 0.3 is 6.18 Å². The molecule has 222 valence electrons. The Hall–Kier alpha value is -2.98. The summed E-state index contributed by atoms with van der Waals surface area (Å²) in [5, 5.41) is 14.0. The van der Waals surface area contributed by atoms with Crippen molar-refractivity contribution in [3.63, 3.8) is 0 Å². The van der Waals surface area contributed by atoms with Gasteiger partial charge in [0.2, 0.25) is 5.91 Å². The molecule has 4 unspecified atom stereocenters. The molecule has 4 atom stereocenters. The van der Waals surface area contributed by atoms with Crippen LogP contribution in [0.1, 0.15) is 76.8 Å². The van der Waals surface area contributed by atoms with Crippen LogP contribution < -0.4 is 16.4 Å². The second-order valence-corrected chi connectivity index (χ2v) is 10.2. The topological polar surface area (TPSA) is 113 Å². The number of primary amides is 1. The van der Waals surface area contributed by atoms with E-state index in [9.17, 15) is 18.0 Å². The fraction of sp³-hybridized carbons (Fsp3) is 0.567. The van der Waals surface area contributed by atoms with Gasteiger partial charge in [0, 0.05) is 30.7 Å². The number of nitrogens with two attached hydrogens (primary N) is 1. The molecule has 0 saturated carbocycles. The number of aryl methyl sites for hydroxylation is 1. The number of rotatable bonds is 9. The maximum atomic E-state index is 12.8. The molecule has 7 nitrogen and oxygen atoms in total. The fourth-order valence-electron chi connectivity index (χ4n) is 4.81. The van der Waals surface area contributed by atoms with Crippen LogP contribution in [0.15, 0.2) is 59.0 Å². The normalized spacial score (nSPS) is 20.6.